The van der Waals surface area contributed by atoms with Crippen LogP contribution in [-0.2, 0) is 17.7 Å². The first kappa shape index (κ1) is 15.2. The van der Waals surface area contributed by atoms with Gasteiger partial charge in [0.1, 0.15) is 5.82 Å². The summed E-state index contributed by atoms with van der Waals surface area (Å²) >= 11 is 0. The molecule has 1 rings (SSSR count). The Kier molecular flexibility index (Phi) is 6.36. The van der Waals surface area contributed by atoms with E-state index >= 15 is 0 Å². The molecule has 2 unspecified atom stereocenters. The monoisotopic (exact) mass is 254 g/mol. The first-order valence-electron chi connectivity index (χ1n) is 6.89. The van der Waals surface area contributed by atoms with Crippen molar-refractivity contribution in [3.8, 4) is 0 Å². The molecule has 1 aromatic rings. The van der Waals surface area contributed by atoms with Gasteiger partial charge in [-0.15, -0.1) is 0 Å². The van der Waals surface area contributed by atoms with Gasteiger partial charge in [-0.25, -0.2) is 4.98 Å². The lowest BCUT2D eigenvalue weighted by atomic mass is 9.99. The zero-order chi connectivity index (χ0) is 13.5. The predicted octanol–water partition coefficient (Wildman–Crippen LogP) is 2.26. The van der Waals surface area contributed by atoms with E-state index in [0.717, 1.165) is 18.8 Å². The van der Waals surface area contributed by atoms with Crippen LogP contribution < -0.4 is 0 Å². The van der Waals surface area contributed by atoms with E-state index < -0.39 is 6.10 Å². The second-order valence-corrected chi connectivity index (χ2v) is 4.97. The van der Waals surface area contributed by atoms with E-state index in [4.69, 9.17) is 4.74 Å². The van der Waals surface area contributed by atoms with Crippen molar-refractivity contribution in [2.45, 2.75) is 59.3 Å². The number of hydrogen-bond donors (Lipinski definition) is 1. The molecule has 0 saturated carbocycles. The topological polar surface area (TPSA) is 47.3 Å². The number of imidazole rings is 1. The lowest BCUT2D eigenvalue weighted by Gasteiger charge is -2.26. The molecule has 1 N–H and O–H groups in total. The van der Waals surface area contributed by atoms with Crippen molar-refractivity contribution < 1.29 is 9.84 Å². The van der Waals surface area contributed by atoms with Gasteiger partial charge in [-0.3, -0.25) is 0 Å². The van der Waals surface area contributed by atoms with Gasteiger partial charge in [-0.2, -0.15) is 0 Å². The number of aromatic nitrogens is 2. The maximum atomic E-state index is 10.3. The van der Waals surface area contributed by atoms with Crippen LogP contribution in [0.4, 0.5) is 0 Å². The molecule has 0 radical (unpaired) electrons. The zero-order valence-electron chi connectivity index (χ0n) is 12.0. The minimum absolute atomic E-state index is 0.123. The summed E-state index contributed by atoms with van der Waals surface area (Å²) in [6, 6.07) is 0. The van der Waals surface area contributed by atoms with Crippen molar-refractivity contribution in [3.63, 3.8) is 0 Å². The molecule has 0 saturated heterocycles. The fourth-order valence-corrected chi connectivity index (χ4v) is 2.22. The molecule has 2 atom stereocenters. The Balaban J connectivity index is 2.66. The number of rotatable bonds is 8. The second kappa shape index (κ2) is 7.54. The molecule has 0 fully saturated rings. The smallest absolute Gasteiger partial charge is 0.111 e. The summed E-state index contributed by atoms with van der Waals surface area (Å²) in [5.74, 6) is 1.24. The summed E-state index contributed by atoms with van der Waals surface area (Å²) in [6.45, 7) is 9.81. The largest absolute Gasteiger partial charge is 0.390 e. The predicted molar refractivity (Wildman–Crippen MR) is 72.5 cm³/mol. The first-order chi connectivity index (χ1) is 8.60. The highest BCUT2D eigenvalue weighted by atomic mass is 16.5. The van der Waals surface area contributed by atoms with Gasteiger partial charge in [-0.05, 0) is 19.3 Å². The highest BCUT2D eigenvalue weighted by molar-refractivity contribution is 4.96. The SMILES string of the molecule is CCCn1ccnc1CC(O)C(OCC)C(C)C. The highest BCUT2D eigenvalue weighted by Gasteiger charge is 2.24. The molecular weight excluding hydrogens is 228 g/mol. The summed E-state index contributed by atoms with van der Waals surface area (Å²) in [7, 11) is 0. The molecule has 4 heteroatoms. The Morgan fingerprint density at radius 1 is 1.39 bits per heavy atom. The molecular formula is C14H26N2O2. The molecule has 0 aliphatic rings. The van der Waals surface area contributed by atoms with Crippen LogP contribution in [0.2, 0.25) is 0 Å². The number of aliphatic hydroxyl groups is 1. The lowest BCUT2D eigenvalue weighted by Crippen LogP contribution is -2.36. The van der Waals surface area contributed by atoms with Crippen molar-refractivity contribution in [1.82, 2.24) is 9.55 Å². The van der Waals surface area contributed by atoms with E-state index in [-0.39, 0.29) is 6.10 Å². The highest BCUT2D eigenvalue weighted by Crippen LogP contribution is 2.15. The van der Waals surface area contributed by atoms with Crippen LogP contribution in [0.15, 0.2) is 12.4 Å². The molecule has 0 spiro atoms. The normalized spacial score (nSPS) is 15.0. The third-order valence-corrected chi connectivity index (χ3v) is 3.05. The van der Waals surface area contributed by atoms with Gasteiger partial charge in [0.05, 0.1) is 12.2 Å². The van der Waals surface area contributed by atoms with Crippen molar-refractivity contribution in [2.24, 2.45) is 5.92 Å². The van der Waals surface area contributed by atoms with E-state index in [0.29, 0.717) is 18.9 Å². The van der Waals surface area contributed by atoms with E-state index in [2.05, 4.69) is 30.3 Å². The zero-order valence-corrected chi connectivity index (χ0v) is 12.0. The van der Waals surface area contributed by atoms with Gasteiger partial charge < -0.3 is 14.4 Å². The van der Waals surface area contributed by atoms with E-state index in [1.54, 1.807) is 6.20 Å². The Hall–Kier alpha value is -0.870. The first-order valence-corrected chi connectivity index (χ1v) is 6.89. The molecule has 1 aromatic heterocycles. The van der Waals surface area contributed by atoms with Crippen LogP contribution in [0.3, 0.4) is 0 Å². The third kappa shape index (κ3) is 4.10. The van der Waals surface area contributed by atoms with E-state index in [1.807, 2.05) is 13.1 Å². The summed E-state index contributed by atoms with van der Waals surface area (Å²) < 4.78 is 7.73. The molecule has 0 amide bonds. The van der Waals surface area contributed by atoms with Crippen molar-refractivity contribution in [2.75, 3.05) is 6.61 Å². The van der Waals surface area contributed by atoms with Crippen molar-refractivity contribution in [3.05, 3.63) is 18.2 Å². The average Bonchev–Trinajstić information content (AvgIpc) is 2.73. The number of ether oxygens (including phenoxy) is 1. The summed E-state index contributed by atoms with van der Waals surface area (Å²) in [5.41, 5.74) is 0. The van der Waals surface area contributed by atoms with Crippen LogP contribution in [0.1, 0.15) is 39.9 Å². The number of nitrogens with zero attached hydrogens (tertiary/aromatic N) is 2. The molecule has 0 bridgehead atoms. The van der Waals surface area contributed by atoms with Gasteiger partial charge in [0.25, 0.3) is 0 Å². The fourth-order valence-electron chi connectivity index (χ4n) is 2.22. The number of aryl methyl sites for hydroxylation is 1. The summed E-state index contributed by atoms with van der Waals surface area (Å²) in [5, 5.41) is 10.3. The molecule has 0 aliphatic heterocycles. The molecule has 18 heavy (non-hydrogen) atoms. The average molecular weight is 254 g/mol. The van der Waals surface area contributed by atoms with Crippen LogP contribution in [-0.4, -0.2) is 33.5 Å². The maximum Gasteiger partial charge on any atom is 0.111 e. The quantitative estimate of drug-likeness (QED) is 0.774. The summed E-state index contributed by atoms with van der Waals surface area (Å²) in [6.07, 6.45) is 4.76. The van der Waals surface area contributed by atoms with Crippen LogP contribution in [0, 0.1) is 5.92 Å². The Morgan fingerprint density at radius 3 is 2.67 bits per heavy atom. The van der Waals surface area contributed by atoms with Gasteiger partial charge in [0, 0.05) is 32.0 Å². The van der Waals surface area contributed by atoms with Crippen molar-refractivity contribution >= 4 is 0 Å². The van der Waals surface area contributed by atoms with Gasteiger partial charge >= 0.3 is 0 Å². The van der Waals surface area contributed by atoms with E-state index in [9.17, 15) is 5.11 Å². The third-order valence-electron chi connectivity index (χ3n) is 3.05. The van der Waals surface area contributed by atoms with Crippen molar-refractivity contribution in [1.29, 1.82) is 0 Å². The van der Waals surface area contributed by atoms with E-state index in [1.165, 1.54) is 0 Å². The molecule has 0 aliphatic carbocycles. The number of hydrogen-bond acceptors (Lipinski definition) is 3. The van der Waals surface area contributed by atoms with Crippen LogP contribution >= 0.6 is 0 Å². The maximum absolute atomic E-state index is 10.3. The second-order valence-electron chi connectivity index (χ2n) is 4.97. The number of aliphatic hydroxyl groups excluding tert-OH is 1. The minimum Gasteiger partial charge on any atom is -0.390 e. The molecule has 104 valence electrons. The Morgan fingerprint density at radius 2 is 2.11 bits per heavy atom. The lowest BCUT2D eigenvalue weighted by molar-refractivity contribution is -0.0571. The molecule has 0 aromatic carbocycles. The van der Waals surface area contributed by atoms with Gasteiger partial charge in [0.15, 0.2) is 0 Å². The Bertz CT molecular complexity index is 336. The fraction of sp³-hybridized carbons (Fsp3) is 0.786. The molecule has 4 nitrogen and oxygen atoms in total. The minimum atomic E-state index is -0.497. The van der Waals surface area contributed by atoms with Gasteiger partial charge in [0.2, 0.25) is 0 Å². The van der Waals surface area contributed by atoms with Crippen LogP contribution in [0.25, 0.3) is 0 Å². The Labute approximate surface area is 110 Å². The van der Waals surface area contributed by atoms with Gasteiger partial charge in [-0.1, -0.05) is 20.8 Å². The standard InChI is InChI=1S/C14H26N2O2/c1-5-8-16-9-7-15-13(16)10-12(17)14(11(3)4)18-6-2/h7,9,11-12,14,17H,5-6,8,10H2,1-4H3. The van der Waals surface area contributed by atoms with Crippen LogP contribution in [0.5, 0.6) is 0 Å². The summed E-state index contributed by atoms with van der Waals surface area (Å²) in [4.78, 5) is 4.32. The molecule has 1 heterocycles.